The van der Waals surface area contributed by atoms with Crippen molar-refractivity contribution in [1.29, 1.82) is 0 Å². The van der Waals surface area contributed by atoms with Crippen LogP contribution < -0.4 is 10.6 Å². The number of methoxy groups -OCH3 is 1. The van der Waals surface area contributed by atoms with E-state index < -0.39 is 0 Å². The second-order valence-corrected chi connectivity index (χ2v) is 6.91. The van der Waals surface area contributed by atoms with E-state index in [1.807, 2.05) is 26.0 Å². The number of carbonyl (C=O) groups is 1. The average molecular weight is 341 g/mol. The van der Waals surface area contributed by atoms with Crippen molar-refractivity contribution in [3.05, 3.63) is 34.9 Å². The summed E-state index contributed by atoms with van der Waals surface area (Å²) in [6, 6.07) is 7.11. The van der Waals surface area contributed by atoms with Gasteiger partial charge in [0.2, 0.25) is 0 Å². The van der Waals surface area contributed by atoms with Gasteiger partial charge in [-0.1, -0.05) is 23.7 Å². The fraction of sp³-hybridized carbons (Fsp3) is 0.588. The van der Waals surface area contributed by atoms with E-state index in [2.05, 4.69) is 10.6 Å². The molecule has 23 heavy (non-hydrogen) atoms. The first-order valence-electron chi connectivity index (χ1n) is 7.85. The van der Waals surface area contributed by atoms with Crippen molar-refractivity contribution in [1.82, 2.24) is 10.6 Å². The van der Waals surface area contributed by atoms with Crippen LogP contribution in [0, 0.1) is 0 Å². The molecule has 1 aliphatic heterocycles. The van der Waals surface area contributed by atoms with Gasteiger partial charge < -0.3 is 20.1 Å². The molecule has 2 rings (SSSR count). The summed E-state index contributed by atoms with van der Waals surface area (Å²) in [6.45, 7) is 5.14. The number of rotatable bonds is 5. The van der Waals surface area contributed by atoms with Crippen molar-refractivity contribution < 1.29 is 14.3 Å². The summed E-state index contributed by atoms with van der Waals surface area (Å²) in [4.78, 5) is 12.3. The van der Waals surface area contributed by atoms with Crippen molar-refractivity contribution in [2.45, 2.75) is 44.4 Å². The largest absolute Gasteiger partial charge is 0.382 e. The second kappa shape index (κ2) is 7.99. The van der Waals surface area contributed by atoms with Crippen LogP contribution in [-0.2, 0) is 9.47 Å². The number of urea groups is 1. The van der Waals surface area contributed by atoms with E-state index in [-0.39, 0.29) is 23.7 Å². The van der Waals surface area contributed by atoms with Gasteiger partial charge in [-0.05, 0) is 44.4 Å². The Morgan fingerprint density at radius 1 is 1.43 bits per heavy atom. The number of nitrogens with one attached hydrogen (secondary N) is 2. The summed E-state index contributed by atoms with van der Waals surface area (Å²) < 4.78 is 10.9. The van der Waals surface area contributed by atoms with Gasteiger partial charge in [-0.25, -0.2) is 4.79 Å². The zero-order chi connectivity index (χ0) is 16.9. The second-order valence-electron chi connectivity index (χ2n) is 6.48. The molecular weight excluding hydrogens is 316 g/mol. The molecule has 1 heterocycles. The molecule has 1 fully saturated rings. The van der Waals surface area contributed by atoms with Crippen LogP contribution in [0.1, 0.15) is 38.3 Å². The fourth-order valence-corrected chi connectivity index (χ4v) is 2.95. The Hall–Kier alpha value is -1.30. The highest BCUT2D eigenvalue weighted by molar-refractivity contribution is 6.30. The highest BCUT2D eigenvalue weighted by Crippen LogP contribution is 2.24. The van der Waals surface area contributed by atoms with Crippen LogP contribution in [0.4, 0.5) is 4.79 Å². The molecule has 1 saturated heterocycles. The van der Waals surface area contributed by atoms with Crippen LogP contribution in [0.25, 0.3) is 0 Å². The van der Waals surface area contributed by atoms with Gasteiger partial charge >= 0.3 is 6.03 Å². The van der Waals surface area contributed by atoms with E-state index in [0.717, 1.165) is 18.4 Å². The van der Waals surface area contributed by atoms with Gasteiger partial charge in [0.15, 0.2) is 0 Å². The third-order valence-electron chi connectivity index (χ3n) is 3.94. The van der Waals surface area contributed by atoms with Gasteiger partial charge in [-0.3, -0.25) is 0 Å². The molecule has 6 heteroatoms. The predicted molar refractivity (Wildman–Crippen MR) is 90.8 cm³/mol. The molecule has 0 bridgehead atoms. The Morgan fingerprint density at radius 2 is 2.13 bits per heavy atom. The maximum absolute atomic E-state index is 12.3. The SMILES string of the molecule is COC[C@@H](NC(=O)N[C@H]1CCOC(C)(C)C1)c1ccc(Cl)cc1. The van der Waals surface area contributed by atoms with Crippen molar-refractivity contribution >= 4 is 17.6 Å². The minimum Gasteiger partial charge on any atom is -0.382 e. The minimum atomic E-state index is -0.217. The number of benzene rings is 1. The number of hydrogen-bond donors (Lipinski definition) is 2. The maximum atomic E-state index is 12.3. The Morgan fingerprint density at radius 3 is 2.74 bits per heavy atom. The lowest BCUT2D eigenvalue weighted by Crippen LogP contribution is -2.49. The van der Waals surface area contributed by atoms with Crippen molar-refractivity contribution in [3.63, 3.8) is 0 Å². The van der Waals surface area contributed by atoms with Gasteiger partial charge in [0, 0.05) is 24.8 Å². The molecule has 0 unspecified atom stereocenters. The average Bonchev–Trinajstić information content (AvgIpc) is 2.46. The summed E-state index contributed by atoms with van der Waals surface area (Å²) in [5.41, 5.74) is 0.761. The summed E-state index contributed by atoms with van der Waals surface area (Å²) in [7, 11) is 1.61. The lowest BCUT2D eigenvalue weighted by Gasteiger charge is -2.36. The van der Waals surface area contributed by atoms with E-state index in [9.17, 15) is 4.79 Å². The summed E-state index contributed by atoms with van der Waals surface area (Å²) in [5.74, 6) is 0. The Bertz CT molecular complexity index is 519. The number of hydrogen-bond acceptors (Lipinski definition) is 3. The van der Waals surface area contributed by atoms with Crippen LogP contribution in [-0.4, -0.2) is 38.0 Å². The summed E-state index contributed by atoms with van der Waals surface area (Å²) in [6.07, 6.45) is 1.63. The first-order valence-corrected chi connectivity index (χ1v) is 8.23. The van der Waals surface area contributed by atoms with E-state index >= 15 is 0 Å². The third kappa shape index (κ3) is 5.68. The van der Waals surface area contributed by atoms with Crippen LogP contribution in [0.15, 0.2) is 24.3 Å². The molecule has 0 saturated carbocycles. The Labute approximate surface area is 142 Å². The van der Waals surface area contributed by atoms with E-state index in [0.29, 0.717) is 18.2 Å². The van der Waals surface area contributed by atoms with Crippen LogP contribution >= 0.6 is 11.6 Å². The molecule has 2 amide bonds. The molecule has 5 nitrogen and oxygen atoms in total. The molecule has 2 atom stereocenters. The normalized spacial score (nSPS) is 21.5. The molecule has 0 aromatic heterocycles. The van der Waals surface area contributed by atoms with Crippen LogP contribution in [0.3, 0.4) is 0 Å². The van der Waals surface area contributed by atoms with Crippen LogP contribution in [0.2, 0.25) is 5.02 Å². The molecule has 1 aromatic carbocycles. The Balaban J connectivity index is 1.94. The number of ether oxygens (including phenoxy) is 2. The lowest BCUT2D eigenvalue weighted by atomic mass is 9.94. The molecule has 0 aliphatic carbocycles. The quantitative estimate of drug-likeness (QED) is 0.864. The molecule has 0 radical (unpaired) electrons. The number of carbonyl (C=O) groups excluding carboxylic acids is 1. The molecule has 128 valence electrons. The number of halogens is 1. The fourth-order valence-electron chi connectivity index (χ4n) is 2.82. The van der Waals surface area contributed by atoms with Gasteiger partial charge in [0.1, 0.15) is 0 Å². The smallest absolute Gasteiger partial charge is 0.315 e. The molecule has 2 N–H and O–H groups in total. The maximum Gasteiger partial charge on any atom is 0.315 e. The highest BCUT2D eigenvalue weighted by Gasteiger charge is 2.30. The van der Waals surface area contributed by atoms with Gasteiger partial charge in [0.25, 0.3) is 0 Å². The highest BCUT2D eigenvalue weighted by atomic mass is 35.5. The van der Waals surface area contributed by atoms with Gasteiger partial charge in [-0.15, -0.1) is 0 Å². The Kier molecular flexibility index (Phi) is 6.27. The van der Waals surface area contributed by atoms with Crippen molar-refractivity contribution in [2.24, 2.45) is 0 Å². The van der Waals surface area contributed by atoms with E-state index in [1.54, 1.807) is 19.2 Å². The van der Waals surface area contributed by atoms with E-state index in [4.69, 9.17) is 21.1 Å². The zero-order valence-electron chi connectivity index (χ0n) is 13.9. The van der Waals surface area contributed by atoms with Gasteiger partial charge in [0.05, 0.1) is 18.2 Å². The summed E-state index contributed by atoms with van der Waals surface area (Å²) in [5, 5.41) is 6.67. The monoisotopic (exact) mass is 340 g/mol. The minimum absolute atomic E-state index is 0.118. The zero-order valence-corrected chi connectivity index (χ0v) is 14.7. The number of amides is 2. The standard InChI is InChI=1S/C17H25ClN2O3/c1-17(2)10-14(8-9-23-17)19-16(21)20-15(11-22-3)12-4-6-13(18)7-5-12/h4-7,14-15H,8-11H2,1-3H3,(H2,19,20,21)/t14-,15+/m0/s1. The molecular formula is C17H25ClN2O3. The summed E-state index contributed by atoms with van der Waals surface area (Å²) >= 11 is 5.91. The first-order chi connectivity index (χ1) is 10.9. The van der Waals surface area contributed by atoms with Crippen molar-refractivity contribution in [3.8, 4) is 0 Å². The first kappa shape index (κ1) is 18.0. The van der Waals surface area contributed by atoms with Crippen LogP contribution in [0.5, 0.6) is 0 Å². The molecule has 1 aromatic rings. The van der Waals surface area contributed by atoms with E-state index in [1.165, 1.54) is 0 Å². The predicted octanol–water partition coefficient (Wildman–Crippen LogP) is 3.28. The lowest BCUT2D eigenvalue weighted by molar-refractivity contribution is -0.0611. The molecule has 0 spiro atoms. The third-order valence-corrected chi connectivity index (χ3v) is 4.20. The topological polar surface area (TPSA) is 59.6 Å². The molecule has 1 aliphatic rings. The van der Waals surface area contributed by atoms with Crippen molar-refractivity contribution in [2.75, 3.05) is 20.3 Å². The van der Waals surface area contributed by atoms with Gasteiger partial charge in [-0.2, -0.15) is 0 Å².